The van der Waals surface area contributed by atoms with Crippen molar-refractivity contribution in [3.05, 3.63) is 23.1 Å². The zero-order chi connectivity index (χ0) is 14.5. The molecule has 0 atom stereocenters. The van der Waals surface area contributed by atoms with Gasteiger partial charge >= 0.3 is 0 Å². The first-order chi connectivity index (χ1) is 9.63. The van der Waals surface area contributed by atoms with Crippen LogP contribution in [0.4, 0.5) is 0 Å². The van der Waals surface area contributed by atoms with Crippen LogP contribution in [0.1, 0.15) is 43.0 Å². The van der Waals surface area contributed by atoms with Gasteiger partial charge in [-0.2, -0.15) is 5.10 Å². The summed E-state index contributed by atoms with van der Waals surface area (Å²) in [6, 6.07) is 0. The fraction of sp³-hybridized carbons (Fsp3) is 0.571. The highest BCUT2D eigenvalue weighted by Crippen LogP contribution is 2.17. The molecule has 1 N–H and O–H groups in total. The van der Waals surface area contributed by atoms with Crippen LogP contribution in [0.3, 0.4) is 0 Å². The van der Waals surface area contributed by atoms with Gasteiger partial charge in [0.05, 0.1) is 5.69 Å². The van der Waals surface area contributed by atoms with Crippen LogP contribution in [0.25, 0.3) is 5.65 Å². The Morgan fingerprint density at radius 3 is 2.95 bits per heavy atom. The lowest BCUT2D eigenvalue weighted by Gasteiger charge is -2.10. The minimum atomic E-state index is 0.0959. The SMILES string of the molecule is CCCCNC(=O)CCc1c(C)nn2cnnc2c1C. The van der Waals surface area contributed by atoms with E-state index in [2.05, 4.69) is 27.5 Å². The maximum Gasteiger partial charge on any atom is 0.220 e. The van der Waals surface area contributed by atoms with Crippen molar-refractivity contribution in [1.82, 2.24) is 25.1 Å². The maximum absolute atomic E-state index is 11.8. The highest BCUT2D eigenvalue weighted by molar-refractivity contribution is 5.76. The summed E-state index contributed by atoms with van der Waals surface area (Å²) in [4.78, 5) is 11.8. The number of hydrogen-bond acceptors (Lipinski definition) is 4. The number of aryl methyl sites for hydroxylation is 2. The summed E-state index contributed by atoms with van der Waals surface area (Å²) in [5, 5.41) is 15.3. The number of unbranched alkanes of at least 4 members (excludes halogenated alkanes) is 1. The molecule has 0 unspecified atom stereocenters. The molecule has 0 aliphatic heterocycles. The van der Waals surface area contributed by atoms with Crippen molar-refractivity contribution >= 4 is 11.6 Å². The van der Waals surface area contributed by atoms with Gasteiger partial charge < -0.3 is 5.32 Å². The molecule has 20 heavy (non-hydrogen) atoms. The summed E-state index contributed by atoms with van der Waals surface area (Å²) in [6.45, 7) is 6.83. The van der Waals surface area contributed by atoms with Gasteiger partial charge in [-0.1, -0.05) is 13.3 Å². The summed E-state index contributed by atoms with van der Waals surface area (Å²) in [5.74, 6) is 0.0959. The Morgan fingerprint density at radius 1 is 1.40 bits per heavy atom. The first-order valence-electron chi connectivity index (χ1n) is 7.06. The zero-order valence-corrected chi connectivity index (χ0v) is 12.3. The smallest absolute Gasteiger partial charge is 0.220 e. The molecule has 2 rings (SSSR count). The van der Waals surface area contributed by atoms with Crippen LogP contribution < -0.4 is 5.32 Å². The molecule has 0 saturated heterocycles. The lowest BCUT2D eigenvalue weighted by molar-refractivity contribution is -0.121. The number of nitrogens with one attached hydrogen (secondary N) is 1. The van der Waals surface area contributed by atoms with Crippen molar-refractivity contribution in [2.75, 3.05) is 6.54 Å². The monoisotopic (exact) mass is 275 g/mol. The van der Waals surface area contributed by atoms with Gasteiger partial charge in [-0.15, -0.1) is 10.2 Å². The molecule has 0 saturated carbocycles. The summed E-state index contributed by atoms with van der Waals surface area (Å²) in [6.07, 6.45) is 4.88. The van der Waals surface area contributed by atoms with Crippen LogP contribution in [-0.2, 0) is 11.2 Å². The van der Waals surface area contributed by atoms with Crippen LogP contribution in [0.5, 0.6) is 0 Å². The topological polar surface area (TPSA) is 72.2 Å². The molecule has 0 spiro atoms. The van der Waals surface area contributed by atoms with Crippen LogP contribution in [0.2, 0.25) is 0 Å². The van der Waals surface area contributed by atoms with Gasteiger partial charge in [0.15, 0.2) is 5.65 Å². The molecule has 0 bridgehead atoms. The number of nitrogens with zero attached hydrogens (tertiary/aromatic N) is 4. The van der Waals surface area contributed by atoms with E-state index in [0.717, 1.165) is 41.9 Å². The van der Waals surface area contributed by atoms with E-state index >= 15 is 0 Å². The third kappa shape index (κ3) is 3.12. The average molecular weight is 275 g/mol. The van der Waals surface area contributed by atoms with Crippen molar-refractivity contribution < 1.29 is 4.79 Å². The molecule has 6 heteroatoms. The lowest BCUT2D eigenvalue weighted by Crippen LogP contribution is -2.24. The van der Waals surface area contributed by atoms with Crippen molar-refractivity contribution in [2.45, 2.75) is 46.5 Å². The Balaban J connectivity index is 2.04. The molecule has 2 aromatic heterocycles. The number of fused-ring (bicyclic) bond motifs is 1. The maximum atomic E-state index is 11.8. The normalized spacial score (nSPS) is 10.9. The average Bonchev–Trinajstić information content (AvgIpc) is 2.87. The van der Waals surface area contributed by atoms with Crippen LogP contribution in [0, 0.1) is 13.8 Å². The van der Waals surface area contributed by atoms with Gasteiger partial charge in [0.25, 0.3) is 0 Å². The molecule has 6 nitrogen and oxygen atoms in total. The highest BCUT2D eigenvalue weighted by atomic mass is 16.1. The standard InChI is InChI=1S/C14H21N5O/c1-4-5-8-15-13(20)7-6-12-10(2)14-17-16-9-19(14)18-11(12)3/h9H,4-8H2,1-3H3,(H,15,20). The number of hydrogen-bond donors (Lipinski definition) is 1. The highest BCUT2D eigenvalue weighted by Gasteiger charge is 2.12. The quantitative estimate of drug-likeness (QED) is 0.813. The van der Waals surface area contributed by atoms with E-state index < -0.39 is 0 Å². The van der Waals surface area contributed by atoms with Crippen molar-refractivity contribution in [3.8, 4) is 0 Å². The number of carbonyl (C=O) groups is 1. The van der Waals surface area contributed by atoms with Gasteiger partial charge in [-0.25, -0.2) is 4.52 Å². The van der Waals surface area contributed by atoms with Gasteiger partial charge in [0.1, 0.15) is 6.33 Å². The molecule has 0 radical (unpaired) electrons. The minimum absolute atomic E-state index is 0.0959. The first kappa shape index (κ1) is 14.4. The largest absolute Gasteiger partial charge is 0.356 e. The Labute approximate surface area is 118 Å². The second-order valence-corrected chi connectivity index (χ2v) is 4.99. The number of carbonyl (C=O) groups excluding carboxylic acids is 1. The van der Waals surface area contributed by atoms with E-state index in [-0.39, 0.29) is 5.91 Å². The minimum Gasteiger partial charge on any atom is -0.356 e. The number of aromatic nitrogens is 4. The van der Waals surface area contributed by atoms with E-state index in [1.165, 1.54) is 0 Å². The second kappa shape index (κ2) is 6.45. The van der Waals surface area contributed by atoms with Crippen molar-refractivity contribution in [3.63, 3.8) is 0 Å². The van der Waals surface area contributed by atoms with Crippen molar-refractivity contribution in [1.29, 1.82) is 0 Å². The Kier molecular flexibility index (Phi) is 4.65. The van der Waals surface area contributed by atoms with E-state index in [0.29, 0.717) is 12.8 Å². The zero-order valence-electron chi connectivity index (χ0n) is 12.3. The molecular weight excluding hydrogens is 254 g/mol. The van der Waals surface area contributed by atoms with Crippen LogP contribution >= 0.6 is 0 Å². The lowest BCUT2D eigenvalue weighted by atomic mass is 10.0. The van der Waals surface area contributed by atoms with Gasteiger partial charge in [-0.3, -0.25) is 4.79 Å². The first-order valence-corrected chi connectivity index (χ1v) is 7.06. The Morgan fingerprint density at radius 2 is 2.20 bits per heavy atom. The summed E-state index contributed by atoms with van der Waals surface area (Å²) in [7, 11) is 0. The van der Waals surface area contributed by atoms with E-state index in [9.17, 15) is 4.79 Å². The second-order valence-electron chi connectivity index (χ2n) is 4.99. The van der Waals surface area contributed by atoms with Gasteiger partial charge in [-0.05, 0) is 32.3 Å². The number of rotatable bonds is 6. The molecule has 0 aromatic carbocycles. The summed E-state index contributed by atoms with van der Waals surface area (Å²) < 4.78 is 1.68. The Bertz CT molecular complexity index is 605. The van der Waals surface area contributed by atoms with E-state index in [4.69, 9.17) is 0 Å². The van der Waals surface area contributed by atoms with Gasteiger partial charge in [0, 0.05) is 18.5 Å². The fourth-order valence-corrected chi connectivity index (χ4v) is 2.28. The summed E-state index contributed by atoms with van der Waals surface area (Å²) in [5.41, 5.74) is 3.83. The Hall–Kier alpha value is -1.98. The molecule has 0 aliphatic rings. The molecular formula is C14H21N5O. The molecule has 0 fully saturated rings. The fourth-order valence-electron chi connectivity index (χ4n) is 2.28. The van der Waals surface area contributed by atoms with Crippen LogP contribution in [0.15, 0.2) is 6.33 Å². The third-order valence-electron chi connectivity index (χ3n) is 3.47. The molecule has 1 amide bonds. The van der Waals surface area contributed by atoms with Crippen LogP contribution in [-0.4, -0.2) is 32.3 Å². The molecule has 108 valence electrons. The predicted octanol–water partition coefficient (Wildman–Crippen LogP) is 1.59. The van der Waals surface area contributed by atoms with Gasteiger partial charge in [0.2, 0.25) is 5.91 Å². The molecule has 2 aromatic rings. The third-order valence-corrected chi connectivity index (χ3v) is 3.47. The molecule has 0 aliphatic carbocycles. The predicted molar refractivity (Wildman–Crippen MR) is 76.5 cm³/mol. The number of amides is 1. The van der Waals surface area contributed by atoms with E-state index in [1.54, 1.807) is 10.8 Å². The summed E-state index contributed by atoms with van der Waals surface area (Å²) >= 11 is 0. The molecule has 2 heterocycles. The van der Waals surface area contributed by atoms with Crippen molar-refractivity contribution in [2.24, 2.45) is 0 Å². The van der Waals surface area contributed by atoms with E-state index in [1.807, 2.05) is 13.8 Å².